The monoisotopic (exact) mass is 386 g/mol. The fraction of sp³-hybridized carbons (Fsp3) is 0.696. The Labute approximate surface area is 171 Å². The minimum absolute atomic E-state index is 0.0395. The fourth-order valence-electron chi connectivity index (χ4n) is 4.28. The predicted molar refractivity (Wildman–Crippen MR) is 117 cm³/mol. The minimum Gasteiger partial charge on any atom is -0.378 e. The summed E-state index contributed by atoms with van der Waals surface area (Å²) in [5, 5.41) is 3.51. The summed E-state index contributed by atoms with van der Waals surface area (Å²) in [5.74, 6) is 1.06. The van der Waals surface area contributed by atoms with Gasteiger partial charge < -0.3 is 15.0 Å². The standard InChI is InChI=1S/C23H38N4O/c1-5-24-22(26-14-12-21(13-15-26)28-6-2)25-18-23(3,4)27-16-11-19-9-7-8-10-20(19)17-27/h7-10,21H,5-6,11-18H2,1-4H3,(H,24,25). The van der Waals surface area contributed by atoms with Crippen LogP contribution >= 0.6 is 0 Å². The molecule has 0 bridgehead atoms. The lowest BCUT2D eigenvalue weighted by Gasteiger charge is -2.41. The van der Waals surface area contributed by atoms with E-state index in [-0.39, 0.29) is 5.54 Å². The van der Waals surface area contributed by atoms with Crippen LogP contribution in [0.3, 0.4) is 0 Å². The molecular weight excluding hydrogens is 348 g/mol. The van der Waals surface area contributed by atoms with Crippen molar-refractivity contribution in [1.29, 1.82) is 0 Å². The maximum absolute atomic E-state index is 5.80. The zero-order chi connectivity index (χ0) is 20.0. The lowest BCUT2D eigenvalue weighted by atomic mass is 9.94. The molecule has 0 unspecified atom stereocenters. The van der Waals surface area contributed by atoms with E-state index in [9.17, 15) is 0 Å². The van der Waals surface area contributed by atoms with E-state index >= 15 is 0 Å². The van der Waals surface area contributed by atoms with Crippen molar-refractivity contribution in [3.8, 4) is 0 Å². The SMILES string of the molecule is CCNC(=NCC(C)(C)N1CCc2ccccc2C1)N1CCC(OCC)CC1. The zero-order valence-corrected chi connectivity index (χ0v) is 18.2. The van der Waals surface area contributed by atoms with Gasteiger partial charge in [0.1, 0.15) is 0 Å². The zero-order valence-electron chi connectivity index (χ0n) is 18.2. The molecule has 1 aromatic carbocycles. The lowest BCUT2D eigenvalue weighted by Crippen LogP contribution is -2.51. The molecule has 2 aliphatic rings. The van der Waals surface area contributed by atoms with Crippen molar-refractivity contribution in [1.82, 2.24) is 15.1 Å². The number of nitrogens with zero attached hydrogens (tertiary/aromatic N) is 3. The van der Waals surface area contributed by atoms with E-state index in [0.717, 1.165) is 71.1 Å². The van der Waals surface area contributed by atoms with Crippen molar-refractivity contribution < 1.29 is 4.74 Å². The molecule has 0 saturated carbocycles. The third kappa shape index (κ3) is 5.26. The molecule has 1 aromatic rings. The van der Waals surface area contributed by atoms with E-state index in [1.54, 1.807) is 0 Å². The summed E-state index contributed by atoms with van der Waals surface area (Å²) in [5.41, 5.74) is 3.01. The number of nitrogens with one attached hydrogen (secondary N) is 1. The molecular formula is C23H38N4O. The predicted octanol–water partition coefficient (Wildman–Crippen LogP) is 3.29. The Hall–Kier alpha value is -1.59. The van der Waals surface area contributed by atoms with E-state index in [1.165, 1.54) is 11.1 Å². The molecule has 156 valence electrons. The average molecular weight is 387 g/mol. The van der Waals surface area contributed by atoms with Crippen LogP contribution < -0.4 is 5.32 Å². The molecule has 0 aliphatic carbocycles. The maximum atomic E-state index is 5.80. The van der Waals surface area contributed by atoms with E-state index in [4.69, 9.17) is 9.73 Å². The number of guanidine groups is 1. The van der Waals surface area contributed by atoms with Gasteiger partial charge in [0.05, 0.1) is 12.6 Å². The van der Waals surface area contributed by atoms with Gasteiger partial charge in [-0.25, -0.2) is 0 Å². The van der Waals surface area contributed by atoms with E-state index < -0.39 is 0 Å². The largest absolute Gasteiger partial charge is 0.378 e. The third-order valence-electron chi connectivity index (χ3n) is 6.08. The molecule has 0 atom stereocenters. The highest BCUT2D eigenvalue weighted by molar-refractivity contribution is 5.80. The Kier molecular flexibility index (Phi) is 7.36. The van der Waals surface area contributed by atoms with Crippen LogP contribution in [0.2, 0.25) is 0 Å². The van der Waals surface area contributed by atoms with E-state index in [0.29, 0.717) is 6.10 Å². The van der Waals surface area contributed by atoms with E-state index in [2.05, 4.69) is 67.1 Å². The summed E-state index contributed by atoms with van der Waals surface area (Å²) in [6.07, 6.45) is 3.72. The molecule has 3 rings (SSSR count). The first kappa shape index (κ1) is 21.1. The van der Waals surface area contributed by atoms with Crippen molar-refractivity contribution >= 4 is 5.96 Å². The highest BCUT2D eigenvalue weighted by Gasteiger charge is 2.30. The number of hydrogen-bond acceptors (Lipinski definition) is 3. The molecule has 28 heavy (non-hydrogen) atoms. The van der Waals surface area contributed by atoms with Crippen LogP contribution in [0.15, 0.2) is 29.3 Å². The van der Waals surface area contributed by atoms with Gasteiger partial charge in [0.15, 0.2) is 5.96 Å². The Bertz CT molecular complexity index is 650. The van der Waals surface area contributed by atoms with Crippen LogP contribution in [0.25, 0.3) is 0 Å². The van der Waals surface area contributed by atoms with Gasteiger partial charge in [0.2, 0.25) is 0 Å². The quantitative estimate of drug-likeness (QED) is 0.602. The molecule has 1 fully saturated rings. The summed E-state index contributed by atoms with van der Waals surface area (Å²) in [7, 11) is 0. The highest BCUT2D eigenvalue weighted by atomic mass is 16.5. The average Bonchev–Trinajstić information content (AvgIpc) is 2.71. The van der Waals surface area contributed by atoms with E-state index in [1.807, 2.05) is 0 Å². The Morgan fingerprint density at radius 2 is 1.86 bits per heavy atom. The summed E-state index contributed by atoms with van der Waals surface area (Å²) in [6, 6.07) is 8.85. The van der Waals surface area contributed by atoms with Crippen molar-refractivity contribution in [3.63, 3.8) is 0 Å². The molecule has 0 radical (unpaired) electrons. The molecule has 2 aliphatic heterocycles. The number of ether oxygens (including phenoxy) is 1. The second kappa shape index (κ2) is 9.75. The molecule has 5 heteroatoms. The third-order valence-corrected chi connectivity index (χ3v) is 6.08. The lowest BCUT2D eigenvalue weighted by molar-refractivity contribution is 0.0262. The van der Waals surface area contributed by atoms with Gasteiger partial charge in [-0.1, -0.05) is 24.3 Å². The second-order valence-electron chi connectivity index (χ2n) is 8.56. The first-order valence-corrected chi connectivity index (χ1v) is 11.0. The van der Waals surface area contributed by atoms with Crippen molar-refractivity contribution in [2.75, 3.05) is 39.3 Å². The molecule has 0 amide bonds. The summed E-state index contributed by atoms with van der Waals surface area (Å²) in [6.45, 7) is 15.6. The van der Waals surface area contributed by atoms with Crippen LogP contribution in [0.1, 0.15) is 51.7 Å². The number of likely N-dealkylation sites (tertiary alicyclic amines) is 1. The van der Waals surface area contributed by atoms with Crippen molar-refractivity contribution in [2.45, 2.75) is 65.1 Å². The molecule has 0 aromatic heterocycles. The molecule has 1 N–H and O–H groups in total. The fourth-order valence-corrected chi connectivity index (χ4v) is 4.28. The Morgan fingerprint density at radius 3 is 2.54 bits per heavy atom. The van der Waals surface area contributed by atoms with Crippen LogP contribution in [0.5, 0.6) is 0 Å². The van der Waals surface area contributed by atoms with Gasteiger partial charge in [-0.15, -0.1) is 0 Å². The van der Waals surface area contributed by atoms with Crippen molar-refractivity contribution in [2.24, 2.45) is 4.99 Å². The molecule has 2 heterocycles. The van der Waals surface area contributed by atoms with Gasteiger partial charge >= 0.3 is 0 Å². The van der Waals surface area contributed by atoms with Crippen LogP contribution in [0, 0.1) is 0 Å². The van der Waals surface area contributed by atoms with Crippen LogP contribution in [0.4, 0.5) is 0 Å². The normalized spacial score (nSPS) is 19.6. The van der Waals surface area contributed by atoms with Gasteiger partial charge in [0.25, 0.3) is 0 Å². The van der Waals surface area contributed by atoms with Crippen LogP contribution in [-0.2, 0) is 17.7 Å². The number of aliphatic imine (C=N–C) groups is 1. The molecule has 5 nitrogen and oxygen atoms in total. The van der Waals surface area contributed by atoms with Crippen molar-refractivity contribution in [3.05, 3.63) is 35.4 Å². The topological polar surface area (TPSA) is 40.1 Å². The number of rotatable bonds is 6. The first-order valence-electron chi connectivity index (χ1n) is 11.0. The summed E-state index contributed by atoms with van der Waals surface area (Å²) >= 11 is 0. The Morgan fingerprint density at radius 1 is 1.14 bits per heavy atom. The highest BCUT2D eigenvalue weighted by Crippen LogP contribution is 2.25. The summed E-state index contributed by atoms with van der Waals surface area (Å²) in [4.78, 5) is 10.1. The van der Waals surface area contributed by atoms with Gasteiger partial charge in [0, 0.05) is 44.9 Å². The van der Waals surface area contributed by atoms with Gasteiger partial charge in [-0.3, -0.25) is 9.89 Å². The number of fused-ring (bicyclic) bond motifs is 1. The minimum atomic E-state index is 0.0395. The number of benzene rings is 1. The maximum Gasteiger partial charge on any atom is 0.193 e. The number of hydrogen-bond donors (Lipinski definition) is 1. The molecule has 1 saturated heterocycles. The molecule has 0 spiro atoms. The second-order valence-corrected chi connectivity index (χ2v) is 8.56. The first-order chi connectivity index (χ1) is 13.5. The number of piperidine rings is 1. The van der Waals surface area contributed by atoms with Gasteiger partial charge in [-0.2, -0.15) is 0 Å². The Balaban J connectivity index is 1.62. The van der Waals surface area contributed by atoms with Crippen LogP contribution in [-0.4, -0.2) is 66.7 Å². The summed E-state index contributed by atoms with van der Waals surface area (Å²) < 4.78 is 5.80. The smallest absolute Gasteiger partial charge is 0.193 e. The van der Waals surface area contributed by atoms with Gasteiger partial charge in [-0.05, 0) is 58.1 Å².